The zero-order valence-electron chi connectivity index (χ0n) is 7.43. The summed E-state index contributed by atoms with van der Waals surface area (Å²) in [6.45, 7) is 1.13. The van der Waals surface area contributed by atoms with E-state index in [-0.39, 0.29) is 30.7 Å². The summed E-state index contributed by atoms with van der Waals surface area (Å²) in [5.41, 5.74) is 0. The number of rotatable bonds is 3. The monoisotopic (exact) mass is 187 g/mol. The van der Waals surface area contributed by atoms with Gasteiger partial charge in [-0.2, -0.15) is 0 Å². The molecule has 1 saturated heterocycles. The molecule has 0 saturated carbocycles. The quantitative estimate of drug-likeness (QED) is 0.540. The summed E-state index contributed by atoms with van der Waals surface area (Å²) >= 11 is 0. The summed E-state index contributed by atoms with van der Waals surface area (Å²) in [5, 5.41) is 17.6. The molecule has 0 aromatic heterocycles. The summed E-state index contributed by atoms with van der Waals surface area (Å²) in [6.07, 6.45) is -0.824. The van der Waals surface area contributed by atoms with Crippen LogP contribution in [0.5, 0.6) is 0 Å². The van der Waals surface area contributed by atoms with E-state index < -0.39 is 12.7 Å². The van der Waals surface area contributed by atoms with Gasteiger partial charge in [0, 0.05) is 12.3 Å². The summed E-state index contributed by atoms with van der Waals surface area (Å²) in [7, 11) is 0. The summed E-state index contributed by atoms with van der Waals surface area (Å²) in [5.74, 6) is -0.833. The highest BCUT2D eigenvalue weighted by Gasteiger charge is 2.36. The minimum absolute atomic E-state index is 0.0987. The van der Waals surface area contributed by atoms with Crippen molar-refractivity contribution in [2.45, 2.75) is 19.4 Å². The van der Waals surface area contributed by atoms with Crippen LogP contribution in [0.4, 0.5) is 0 Å². The van der Waals surface area contributed by atoms with E-state index in [1.807, 2.05) is 0 Å². The molecule has 0 aromatic carbocycles. The molecule has 1 fully saturated rings. The Morgan fingerprint density at radius 1 is 1.62 bits per heavy atom. The molecule has 74 valence electrons. The second kappa shape index (κ2) is 3.85. The highest BCUT2D eigenvalue weighted by molar-refractivity contribution is 6.03. The number of aliphatic hydroxyl groups is 2. The molecular weight excluding hydrogens is 174 g/mol. The minimum Gasteiger partial charge on any atom is -0.394 e. The van der Waals surface area contributed by atoms with Crippen molar-refractivity contribution in [2.75, 3.05) is 13.2 Å². The molecule has 1 aliphatic heterocycles. The normalized spacial score (nSPS) is 25.5. The van der Waals surface area contributed by atoms with Crippen LogP contribution >= 0.6 is 0 Å². The number of β-amino-alcohol motifs (C(OH)–C–C–N with tert-alkyl or cyclic N) is 1. The van der Waals surface area contributed by atoms with E-state index in [4.69, 9.17) is 10.2 Å². The fraction of sp³-hybridized carbons (Fsp3) is 0.750. The van der Waals surface area contributed by atoms with Gasteiger partial charge in [0.1, 0.15) is 0 Å². The first-order valence-electron chi connectivity index (χ1n) is 4.19. The number of imide groups is 1. The van der Waals surface area contributed by atoms with Crippen LogP contribution in [-0.4, -0.2) is 46.2 Å². The first-order chi connectivity index (χ1) is 6.06. The summed E-state index contributed by atoms with van der Waals surface area (Å²) in [6, 6.07) is 0. The molecule has 2 atom stereocenters. The molecule has 1 aliphatic rings. The molecule has 5 heteroatoms. The topological polar surface area (TPSA) is 77.8 Å². The van der Waals surface area contributed by atoms with Gasteiger partial charge in [-0.25, -0.2) is 0 Å². The van der Waals surface area contributed by atoms with Gasteiger partial charge in [-0.15, -0.1) is 0 Å². The standard InChI is InChI=1S/C8H13NO4/c1-5-2-7(12)9(8(5)13)3-6(11)4-10/h5-6,10-11H,2-4H2,1H3. The smallest absolute Gasteiger partial charge is 0.232 e. The van der Waals surface area contributed by atoms with Gasteiger partial charge in [0.05, 0.1) is 19.3 Å². The SMILES string of the molecule is CC1CC(=O)N(CC(O)CO)C1=O. The van der Waals surface area contributed by atoms with Gasteiger partial charge in [0.25, 0.3) is 0 Å². The molecule has 0 radical (unpaired) electrons. The third-order valence-electron chi connectivity index (χ3n) is 2.07. The van der Waals surface area contributed by atoms with Crippen molar-refractivity contribution in [3.63, 3.8) is 0 Å². The third-order valence-corrected chi connectivity index (χ3v) is 2.07. The van der Waals surface area contributed by atoms with Gasteiger partial charge in [0.15, 0.2) is 0 Å². The minimum atomic E-state index is -1.03. The molecule has 2 unspecified atom stereocenters. The van der Waals surface area contributed by atoms with Crippen LogP contribution in [0.15, 0.2) is 0 Å². The maximum absolute atomic E-state index is 11.3. The number of hydrogen-bond donors (Lipinski definition) is 2. The Hall–Kier alpha value is -0.940. The maximum Gasteiger partial charge on any atom is 0.232 e. The van der Waals surface area contributed by atoms with E-state index in [0.29, 0.717) is 0 Å². The Kier molecular flexibility index (Phi) is 3.00. The number of nitrogens with zero attached hydrogens (tertiary/aromatic N) is 1. The van der Waals surface area contributed by atoms with Gasteiger partial charge in [-0.3, -0.25) is 14.5 Å². The number of hydrogen-bond acceptors (Lipinski definition) is 4. The number of carbonyl (C=O) groups is 2. The Balaban J connectivity index is 2.59. The molecular formula is C8H13NO4. The van der Waals surface area contributed by atoms with Gasteiger partial charge in [-0.05, 0) is 0 Å². The van der Waals surface area contributed by atoms with Crippen LogP contribution in [-0.2, 0) is 9.59 Å². The second-order valence-corrected chi connectivity index (χ2v) is 3.28. The third kappa shape index (κ3) is 2.05. The van der Waals surface area contributed by atoms with Crippen molar-refractivity contribution < 1.29 is 19.8 Å². The largest absolute Gasteiger partial charge is 0.394 e. The Morgan fingerprint density at radius 3 is 2.62 bits per heavy atom. The first-order valence-corrected chi connectivity index (χ1v) is 4.19. The lowest BCUT2D eigenvalue weighted by atomic mass is 10.1. The van der Waals surface area contributed by atoms with Gasteiger partial charge in [-0.1, -0.05) is 6.92 Å². The fourth-order valence-electron chi connectivity index (χ4n) is 1.31. The lowest BCUT2D eigenvalue weighted by molar-refractivity contribution is -0.141. The van der Waals surface area contributed by atoms with Crippen LogP contribution in [0.3, 0.4) is 0 Å². The summed E-state index contributed by atoms with van der Waals surface area (Å²) < 4.78 is 0. The Morgan fingerprint density at radius 2 is 2.23 bits per heavy atom. The number of amides is 2. The molecule has 2 amide bonds. The number of carbonyl (C=O) groups excluding carboxylic acids is 2. The molecule has 0 spiro atoms. The molecule has 1 rings (SSSR count). The molecule has 0 aromatic rings. The van der Waals surface area contributed by atoms with E-state index >= 15 is 0 Å². The molecule has 2 N–H and O–H groups in total. The van der Waals surface area contributed by atoms with Crippen molar-refractivity contribution in [3.8, 4) is 0 Å². The van der Waals surface area contributed by atoms with Gasteiger partial charge < -0.3 is 10.2 Å². The lowest BCUT2D eigenvalue weighted by Gasteiger charge is -2.16. The lowest BCUT2D eigenvalue weighted by Crippen LogP contribution is -2.38. The predicted molar refractivity (Wildman–Crippen MR) is 43.6 cm³/mol. The van der Waals surface area contributed by atoms with Crippen LogP contribution < -0.4 is 0 Å². The molecule has 1 heterocycles. The Labute approximate surface area is 76.0 Å². The van der Waals surface area contributed by atoms with Crippen LogP contribution in [0.1, 0.15) is 13.3 Å². The van der Waals surface area contributed by atoms with Crippen molar-refractivity contribution in [1.82, 2.24) is 4.90 Å². The van der Waals surface area contributed by atoms with E-state index in [0.717, 1.165) is 4.90 Å². The maximum atomic E-state index is 11.3. The average Bonchev–Trinajstić information content (AvgIpc) is 2.32. The van der Waals surface area contributed by atoms with E-state index in [1.165, 1.54) is 0 Å². The number of aliphatic hydroxyl groups excluding tert-OH is 2. The van der Waals surface area contributed by atoms with Crippen molar-refractivity contribution in [2.24, 2.45) is 5.92 Å². The zero-order valence-corrected chi connectivity index (χ0v) is 7.43. The van der Waals surface area contributed by atoms with Gasteiger partial charge >= 0.3 is 0 Å². The zero-order chi connectivity index (χ0) is 10.0. The molecule has 5 nitrogen and oxygen atoms in total. The predicted octanol–water partition coefficient (Wildman–Crippen LogP) is -1.27. The van der Waals surface area contributed by atoms with Gasteiger partial charge in [0.2, 0.25) is 11.8 Å². The molecule has 13 heavy (non-hydrogen) atoms. The molecule has 0 aliphatic carbocycles. The Bertz CT molecular complexity index is 228. The van der Waals surface area contributed by atoms with Crippen LogP contribution in [0, 0.1) is 5.92 Å². The fourth-order valence-corrected chi connectivity index (χ4v) is 1.31. The highest BCUT2D eigenvalue weighted by atomic mass is 16.3. The van der Waals surface area contributed by atoms with Crippen LogP contribution in [0.25, 0.3) is 0 Å². The second-order valence-electron chi connectivity index (χ2n) is 3.28. The highest BCUT2D eigenvalue weighted by Crippen LogP contribution is 2.18. The van der Waals surface area contributed by atoms with Crippen molar-refractivity contribution in [3.05, 3.63) is 0 Å². The van der Waals surface area contributed by atoms with Crippen LogP contribution in [0.2, 0.25) is 0 Å². The van der Waals surface area contributed by atoms with E-state index in [9.17, 15) is 9.59 Å². The average molecular weight is 187 g/mol. The molecule has 0 bridgehead atoms. The number of likely N-dealkylation sites (tertiary alicyclic amines) is 1. The van der Waals surface area contributed by atoms with Crippen molar-refractivity contribution >= 4 is 11.8 Å². The first kappa shape index (κ1) is 10.1. The summed E-state index contributed by atoms with van der Waals surface area (Å²) in [4.78, 5) is 23.4. The van der Waals surface area contributed by atoms with E-state index in [1.54, 1.807) is 6.92 Å². The van der Waals surface area contributed by atoms with Crippen molar-refractivity contribution in [1.29, 1.82) is 0 Å². The van der Waals surface area contributed by atoms with E-state index in [2.05, 4.69) is 0 Å².